The van der Waals surface area contributed by atoms with E-state index in [1.807, 2.05) is 13.0 Å². The number of hydrogen-bond donors (Lipinski definition) is 2. The number of carbonyl (C=O) groups is 1. The number of amides is 1. The van der Waals surface area contributed by atoms with E-state index in [-0.39, 0.29) is 18.2 Å². The Morgan fingerprint density at radius 2 is 1.96 bits per heavy atom. The molecule has 0 aliphatic heterocycles. The fraction of sp³-hybridized carbons (Fsp3) is 0.400. The molecule has 0 saturated carbocycles. The molecule has 0 bridgehead atoms. The van der Waals surface area contributed by atoms with Gasteiger partial charge in [0.2, 0.25) is 11.8 Å². The molecule has 1 aromatic heterocycles. The molecule has 8 heteroatoms. The van der Waals surface area contributed by atoms with Crippen LogP contribution in [0.15, 0.2) is 42.6 Å². The van der Waals surface area contributed by atoms with Gasteiger partial charge in [0.15, 0.2) is 0 Å². The summed E-state index contributed by atoms with van der Waals surface area (Å²) in [4.78, 5) is 16.4. The number of anilines is 1. The second-order valence-electron chi connectivity index (χ2n) is 6.39. The highest BCUT2D eigenvalue weighted by atomic mass is 19.4. The summed E-state index contributed by atoms with van der Waals surface area (Å²) in [7, 11) is 0. The van der Waals surface area contributed by atoms with Crippen LogP contribution in [0.2, 0.25) is 0 Å². The van der Waals surface area contributed by atoms with Gasteiger partial charge in [0.25, 0.3) is 0 Å². The van der Waals surface area contributed by atoms with Crippen LogP contribution < -0.4 is 15.4 Å². The van der Waals surface area contributed by atoms with Gasteiger partial charge in [-0.2, -0.15) is 13.2 Å². The van der Waals surface area contributed by atoms with Crippen LogP contribution in [0.25, 0.3) is 0 Å². The lowest BCUT2D eigenvalue weighted by atomic mass is 10.1. The van der Waals surface area contributed by atoms with E-state index < -0.39 is 17.6 Å². The molecule has 2 aromatic rings. The first-order valence-electron chi connectivity index (χ1n) is 9.07. The monoisotopic (exact) mass is 395 g/mol. The Bertz CT molecular complexity index is 781. The van der Waals surface area contributed by atoms with Gasteiger partial charge in [-0.3, -0.25) is 4.79 Å². The molecule has 1 atom stereocenters. The van der Waals surface area contributed by atoms with Crippen LogP contribution in [-0.2, 0) is 17.5 Å². The van der Waals surface area contributed by atoms with E-state index in [4.69, 9.17) is 4.74 Å². The fourth-order valence-corrected chi connectivity index (χ4v) is 2.56. The molecule has 0 spiro atoms. The van der Waals surface area contributed by atoms with Crippen LogP contribution in [-0.4, -0.2) is 23.5 Å². The van der Waals surface area contributed by atoms with Gasteiger partial charge < -0.3 is 15.4 Å². The quantitative estimate of drug-likeness (QED) is 0.661. The van der Waals surface area contributed by atoms with Gasteiger partial charge in [-0.05, 0) is 31.5 Å². The number of nitrogens with one attached hydrogen (secondary N) is 2. The minimum atomic E-state index is -4.52. The van der Waals surface area contributed by atoms with Crippen molar-refractivity contribution in [1.82, 2.24) is 10.3 Å². The summed E-state index contributed by atoms with van der Waals surface area (Å²) < 4.78 is 44.6. The van der Waals surface area contributed by atoms with Crippen LogP contribution in [0.1, 0.15) is 37.8 Å². The third-order valence-corrected chi connectivity index (χ3v) is 3.93. The number of carbonyl (C=O) groups excluding carboxylic acids is 1. The molecule has 0 fully saturated rings. The lowest BCUT2D eigenvalue weighted by Crippen LogP contribution is -2.30. The minimum absolute atomic E-state index is 0.0254. The van der Waals surface area contributed by atoms with E-state index in [1.54, 1.807) is 19.2 Å². The summed E-state index contributed by atoms with van der Waals surface area (Å²) in [5, 5.41) is 5.52. The van der Waals surface area contributed by atoms with Gasteiger partial charge in [-0.15, -0.1) is 0 Å². The first kappa shape index (κ1) is 21.7. The van der Waals surface area contributed by atoms with E-state index in [0.29, 0.717) is 19.0 Å². The molecule has 1 unspecified atom stereocenters. The number of hydrogen-bond acceptors (Lipinski definition) is 4. The maximum Gasteiger partial charge on any atom is 0.418 e. The van der Waals surface area contributed by atoms with Crippen molar-refractivity contribution in [2.75, 3.05) is 11.9 Å². The number of aromatic nitrogens is 1. The molecule has 0 saturated heterocycles. The number of benzene rings is 1. The summed E-state index contributed by atoms with van der Waals surface area (Å²) in [5.41, 5.74) is -0.252. The van der Waals surface area contributed by atoms with E-state index in [2.05, 4.69) is 15.6 Å². The van der Waals surface area contributed by atoms with Crippen LogP contribution >= 0.6 is 0 Å². The molecule has 2 N–H and O–H groups in total. The average Bonchev–Trinajstić information content (AvgIpc) is 2.64. The molecule has 1 amide bonds. The molecule has 0 aliphatic carbocycles. The molecule has 1 heterocycles. The zero-order valence-electron chi connectivity index (χ0n) is 15.8. The first-order chi connectivity index (χ1) is 13.3. The van der Waals surface area contributed by atoms with E-state index in [1.165, 1.54) is 18.2 Å². The fourth-order valence-electron chi connectivity index (χ4n) is 2.56. The molecule has 0 aliphatic rings. The van der Waals surface area contributed by atoms with Crippen LogP contribution in [0.5, 0.6) is 5.88 Å². The van der Waals surface area contributed by atoms with Gasteiger partial charge in [0.1, 0.15) is 0 Å². The Hall–Kier alpha value is -2.61. The Labute approximate surface area is 162 Å². The van der Waals surface area contributed by atoms with Crippen molar-refractivity contribution in [2.24, 2.45) is 0 Å². The minimum Gasteiger partial charge on any atom is -0.477 e. The van der Waals surface area contributed by atoms with Crippen LogP contribution in [0.4, 0.5) is 18.9 Å². The highest BCUT2D eigenvalue weighted by Gasteiger charge is 2.33. The third kappa shape index (κ3) is 6.53. The second-order valence-corrected chi connectivity index (χ2v) is 6.39. The lowest BCUT2D eigenvalue weighted by Gasteiger charge is -2.17. The Kier molecular flexibility index (Phi) is 7.80. The number of pyridine rings is 1. The Morgan fingerprint density at radius 3 is 2.68 bits per heavy atom. The number of alkyl halides is 3. The predicted molar refractivity (Wildman–Crippen MR) is 101 cm³/mol. The second kappa shape index (κ2) is 10.1. The zero-order valence-corrected chi connectivity index (χ0v) is 15.8. The number of para-hydroxylation sites is 1. The summed E-state index contributed by atoms with van der Waals surface area (Å²) in [6.07, 6.45) is -2.00. The number of rotatable bonds is 9. The number of halogens is 3. The normalized spacial score (nSPS) is 12.5. The van der Waals surface area contributed by atoms with Crippen molar-refractivity contribution in [3.63, 3.8) is 0 Å². The third-order valence-electron chi connectivity index (χ3n) is 3.93. The van der Waals surface area contributed by atoms with Crippen molar-refractivity contribution in [3.8, 4) is 5.88 Å². The van der Waals surface area contributed by atoms with E-state index >= 15 is 0 Å². The van der Waals surface area contributed by atoms with Crippen molar-refractivity contribution in [2.45, 2.75) is 45.5 Å². The molecule has 28 heavy (non-hydrogen) atoms. The van der Waals surface area contributed by atoms with Crippen molar-refractivity contribution >= 4 is 11.6 Å². The van der Waals surface area contributed by atoms with E-state index in [0.717, 1.165) is 18.1 Å². The number of ether oxygens (including phenoxy) is 1. The highest BCUT2D eigenvalue weighted by molar-refractivity contribution is 5.92. The maximum absolute atomic E-state index is 13.0. The topological polar surface area (TPSA) is 63.2 Å². The smallest absolute Gasteiger partial charge is 0.418 e. The summed E-state index contributed by atoms with van der Waals surface area (Å²) in [5.74, 6) is 0.0398. The van der Waals surface area contributed by atoms with Gasteiger partial charge in [0, 0.05) is 30.8 Å². The van der Waals surface area contributed by atoms with Gasteiger partial charge in [-0.25, -0.2) is 4.98 Å². The zero-order chi connectivity index (χ0) is 20.6. The molecule has 5 nitrogen and oxygen atoms in total. The van der Waals surface area contributed by atoms with Gasteiger partial charge in [0.05, 0.1) is 17.9 Å². The van der Waals surface area contributed by atoms with Gasteiger partial charge >= 0.3 is 6.18 Å². The average molecular weight is 395 g/mol. The lowest BCUT2D eigenvalue weighted by molar-refractivity contribution is -0.137. The highest BCUT2D eigenvalue weighted by Crippen LogP contribution is 2.34. The maximum atomic E-state index is 13.0. The van der Waals surface area contributed by atoms with Crippen molar-refractivity contribution in [3.05, 3.63) is 53.7 Å². The number of nitrogens with zero attached hydrogens (tertiary/aromatic N) is 1. The summed E-state index contributed by atoms with van der Waals surface area (Å²) >= 11 is 0. The van der Waals surface area contributed by atoms with Crippen molar-refractivity contribution in [1.29, 1.82) is 0 Å². The summed E-state index contributed by atoms with van der Waals surface area (Å²) in [6.45, 7) is 4.78. The van der Waals surface area contributed by atoms with Crippen LogP contribution in [0, 0.1) is 0 Å². The molecule has 152 valence electrons. The molecule has 2 rings (SSSR count). The Balaban J connectivity index is 1.91. The largest absolute Gasteiger partial charge is 0.477 e. The first-order valence-corrected chi connectivity index (χ1v) is 9.07. The molecular formula is C20H24F3N3O2. The van der Waals surface area contributed by atoms with Gasteiger partial charge in [-0.1, -0.05) is 25.1 Å². The Morgan fingerprint density at radius 1 is 1.21 bits per heavy atom. The predicted octanol–water partition coefficient (Wildman–Crippen LogP) is 4.40. The van der Waals surface area contributed by atoms with E-state index in [9.17, 15) is 18.0 Å². The van der Waals surface area contributed by atoms with Crippen molar-refractivity contribution < 1.29 is 22.7 Å². The molecule has 1 aromatic carbocycles. The van der Waals surface area contributed by atoms with Crippen LogP contribution in [0.3, 0.4) is 0 Å². The standard InChI is InChI=1S/C20H24F3N3O2/c1-3-11-28-19-15(7-6-10-24-19)13-25-14(2)12-18(27)26-17-9-5-4-8-16(17)20(21,22)23/h4-10,14,25H,3,11-13H2,1-2H3,(H,26,27). The summed E-state index contributed by atoms with van der Waals surface area (Å²) in [6, 6.07) is 8.33. The molecular weight excluding hydrogens is 371 g/mol. The molecule has 0 radical (unpaired) electrons. The SMILES string of the molecule is CCCOc1ncccc1CNC(C)CC(=O)Nc1ccccc1C(F)(F)F.